The van der Waals surface area contributed by atoms with Gasteiger partial charge in [-0.05, 0) is 42.5 Å². The van der Waals surface area contributed by atoms with Crippen LogP contribution in [0, 0.1) is 13.8 Å². The van der Waals surface area contributed by atoms with Crippen LogP contribution in [-0.2, 0) is 4.79 Å². The topological polar surface area (TPSA) is 17.1 Å². The lowest BCUT2D eigenvalue weighted by Gasteiger charge is -2.01. The molecular formula is C30H34O. The third-order valence-corrected chi connectivity index (χ3v) is 4.69. The van der Waals surface area contributed by atoms with Gasteiger partial charge in [0.25, 0.3) is 0 Å². The highest BCUT2D eigenvalue weighted by Crippen LogP contribution is 2.19. The molecule has 0 atom stereocenters. The quantitative estimate of drug-likeness (QED) is 0.308. The van der Waals surface area contributed by atoms with Gasteiger partial charge in [0.1, 0.15) is 6.29 Å². The van der Waals surface area contributed by atoms with Gasteiger partial charge >= 0.3 is 0 Å². The van der Waals surface area contributed by atoms with E-state index in [1.807, 2.05) is 19.1 Å². The summed E-state index contributed by atoms with van der Waals surface area (Å²) in [4.78, 5) is 9.40. The van der Waals surface area contributed by atoms with Gasteiger partial charge in [-0.1, -0.05) is 127 Å². The van der Waals surface area contributed by atoms with Crippen LogP contribution in [0.3, 0.4) is 0 Å². The molecule has 4 aromatic rings. The van der Waals surface area contributed by atoms with Crippen LogP contribution in [-0.4, -0.2) is 6.29 Å². The molecule has 0 heterocycles. The van der Waals surface area contributed by atoms with Gasteiger partial charge in [-0.3, -0.25) is 0 Å². The average molecular weight is 411 g/mol. The van der Waals surface area contributed by atoms with Crippen molar-refractivity contribution in [1.82, 2.24) is 0 Å². The Labute approximate surface area is 188 Å². The Morgan fingerprint density at radius 3 is 1.52 bits per heavy atom. The molecule has 0 spiro atoms. The molecule has 0 aliphatic carbocycles. The number of unbranched alkanes of at least 4 members (excludes halogenated alkanes) is 1. The van der Waals surface area contributed by atoms with Crippen molar-refractivity contribution in [1.29, 1.82) is 0 Å². The number of hydrogen-bond donors (Lipinski definition) is 0. The Morgan fingerprint density at radius 2 is 1.06 bits per heavy atom. The van der Waals surface area contributed by atoms with E-state index in [1.54, 1.807) is 0 Å². The summed E-state index contributed by atoms with van der Waals surface area (Å²) in [6, 6.07) is 38.0. The second-order valence-corrected chi connectivity index (χ2v) is 7.42. The highest BCUT2D eigenvalue weighted by molar-refractivity contribution is 5.64. The largest absolute Gasteiger partial charge is 0.303 e. The number of aldehydes is 1. The van der Waals surface area contributed by atoms with E-state index >= 15 is 0 Å². The number of benzene rings is 4. The lowest BCUT2D eigenvalue weighted by molar-refractivity contribution is -0.107. The summed E-state index contributed by atoms with van der Waals surface area (Å²) in [7, 11) is 0. The second kappa shape index (κ2) is 13.7. The molecule has 0 aliphatic rings. The van der Waals surface area contributed by atoms with E-state index in [0.717, 1.165) is 12.7 Å². The fraction of sp³-hybridized carbons (Fsp3) is 0.167. The Bertz CT molecular complexity index is 1010. The first-order valence-corrected chi connectivity index (χ1v) is 10.8. The minimum atomic E-state index is 0. The molecule has 4 aromatic carbocycles. The van der Waals surface area contributed by atoms with Crippen molar-refractivity contribution in [2.24, 2.45) is 0 Å². The number of hydrogen-bond acceptors (Lipinski definition) is 1. The average Bonchev–Trinajstić information content (AvgIpc) is 2.82. The van der Waals surface area contributed by atoms with E-state index < -0.39 is 0 Å². The summed E-state index contributed by atoms with van der Waals surface area (Å²) >= 11 is 0. The summed E-state index contributed by atoms with van der Waals surface area (Å²) in [5, 5.41) is 0. The third kappa shape index (κ3) is 8.84. The summed E-state index contributed by atoms with van der Waals surface area (Å²) in [6.45, 7) is 6.20. The molecule has 1 nitrogen and oxygen atoms in total. The van der Waals surface area contributed by atoms with Crippen molar-refractivity contribution < 1.29 is 6.22 Å². The SMILES string of the molecule is CCCC=O.Cc1ccc(-c2ccccc2)cc1.Cc1cccc(-c2ccccc2)c1.[HH]. The van der Waals surface area contributed by atoms with Crippen LogP contribution in [0.4, 0.5) is 0 Å². The van der Waals surface area contributed by atoms with Gasteiger partial charge in [-0.2, -0.15) is 0 Å². The highest BCUT2D eigenvalue weighted by Gasteiger charge is 1.95. The predicted octanol–water partition coefficient (Wildman–Crippen LogP) is 8.56. The van der Waals surface area contributed by atoms with Crippen LogP contribution in [0.2, 0.25) is 0 Å². The van der Waals surface area contributed by atoms with Crippen LogP contribution in [0.1, 0.15) is 32.3 Å². The van der Waals surface area contributed by atoms with E-state index in [4.69, 9.17) is 0 Å². The summed E-state index contributed by atoms with van der Waals surface area (Å²) < 4.78 is 0. The molecule has 31 heavy (non-hydrogen) atoms. The number of aryl methyl sites for hydroxylation is 2. The first kappa shape index (κ1) is 23.8. The van der Waals surface area contributed by atoms with Crippen molar-refractivity contribution in [3.05, 3.63) is 120 Å². The first-order chi connectivity index (χ1) is 15.1. The lowest BCUT2D eigenvalue weighted by atomic mass is 10.0. The zero-order valence-corrected chi connectivity index (χ0v) is 18.8. The van der Waals surface area contributed by atoms with Crippen molar-refractivity contribution >= 4 is 6.29 Å². The number of rotatable bonds is 4. The molecule has 0 bridgehead atoms. The van der Waals surface area contributed by atoms with Gasteiger partial charge in [0.05, 0.1) is 0 Å². The minimum absolute atomic E-state index is 0. The summed E-state index contributed by atoms with van der Waals surface area (Å²) in [5.74, 6) is 0. The maximum atomic E-state index is 9.40. The van der Waals surface area contributed by atoms with E-state index in [1.165, 1.54) is 33.4 Å². The normalized spacial score (nSPS) is 9.52. The van der Waals surface area contributed by atoms with Crippen LogP contribution >= 0.6 is 0 Å². The zero-order valence-electron chi connectivity index (χ0n) is 18.8. The standard InChI is InChI=1S/2C13H12.C4H8O.H2/c1-11-6-5-9-13(10-11)12-7-3-2-4-8-12;1-11-7-9-13(10-8-11)12-5-3-2-4-6-12;1-2-3-4-5;/h2*2-10H,1H3;4H,2-3H2,1H3;1H. The van der Waals surface area contributed by atoms with Gasteiger partial charge in [-0.15, -0.1) is 0 Å². The second-order valence-electron chi connectivity index (χ2n) is 7.42. The Balaban J connectivity index is 0.000000259. The van der Waals surface area contributed by atoms with E-state index in [9.17, 15) is 4.79 Å². The summed E-state index contributed by atoms with van der Waals surface area (Å²) in [5.41, 5.74) is 7.75. The number of carbonyl (C=O) groups is 1. The maximum absolute atomic E-state index is 9.40. The molecule has 0 aromatic heterocycles. The highest BCUT2D eigenvalue weighted by atomic mass is 16.1. The monoisotopic (exact) mass is 410 g/mol. The van der Waals surface area contributed by atoms with Gasteiger partial charge in [0.2, 0.25) is 0 Å². The first-order valence-electron chi connectivity index (χ1n) is 10.8. The number of carbonyl (C=O) groups excluding carboxylic acids is 1. The van der Waals surface area contributed by atoms with Gasteiger partial charge in [0.15, 0.2) is 0 Å². The Hall–Kier alpha value is -3.45. The fourth-order valence-corrected chi connectivity index (χ4v) is 2.95. The van der Waals surface area contributed by atoms with Crippen molar-refractivity contribution in [3.8, 4) is 22.3 Å². The zero-order chi connectivity index (χ0) is 22.3. The van der Waals surface area contributed by atoms with Gasteiger partial charge in [0, 0.05) is 7.85 Å². The fourth-order valence-electron chi connectivity index (χ4n) is 2.95. The van der Waals surface area contributed by atoms with Crippen molar-refractivity contribution in [3.63, 3.8) is 0 Å². The minimum Gasteiger partial charge on any atom is -0.303 e. The predicted molar refractivity (Wildman–Crippen MR) is 136 cm³/mol. The molecule has 0 aliphatic heterocycles. The van der Waals surface area contributed by atoms with E-state index in [-0.39, 0.29) is 1.43 Å². The van der Waals surface area contributed by atoms with E-state index in [2.05, 4.69) is 111 Å². The maximum Gasteiger partial charge on any atom is 0.119 e. The molecule has 160 valence electrons. The van der Waals surface area contributed by atoms with Crippen molar-refractivity contribution in [2.45, 2.75) is 33.6 Å². The molecule has 1 heteroatoms. The lowest BCUT2D eigenvalue weighted by Crippen LogP contribution is -1.77. The Morgan fingerprint density at radius 1 is 0.581 bits per heavy atom. The smallest absolute Gasteiger partial charge is 0.119 e. The molecule has 0 fully saturated rings. The summed E-state index contributed by atoms with van der Waals surface area (Å²) in [6.07, 6.45) is 2.61. The molecule has 4 rings (SSSR count). The molecule has 0 radical (unpaired) electrons. The van der Waals surface area contributed by atoms with Crippen LogP contribution in [0.15, 0.2) is 109 Å². The third-order valence-electron chi connectivity index (χ3n) is 4.69. The molecule has 0 amide bonds. The van der Waals surface area contributed by atoms with Crippen LogP contribution in [0.25, 0.3) is 22.3 Å². The molecule has 0 N–H and O–H groups in total. The van der Waals surface area contributed by atoms with Crippen molar-refractivity contribution in [2.75, 3.05) is 0 Å². The van der Waals surface area contributed by atoms with Gasteiger partial charge < -0.3 is 4.79 Å². The molecule has 0 unspecified atom stereocenters. The van der Waals surface area contributed by atoms with Gasteiger partial charge in [-0.25, -0.2) is 0 Å². The Kier molecular flexibility index (Phi) is 10.5. The van der Waals surface area contributed by atoms with E-state index in [0.29, 0.717) is 6.42 Å². The molecule has 0 saturated carbocycles. The van der Waals surface area contributed by atoms with Crippen LogP contribution in [0.5, 0.6) is 0 Å². The van der Waals surface area contributed by atoms with Crippen LogP contribution < -0.4 is 0 Å². The molecular weight excluding hydrogens is 376 g/mol. The molecule has 0 saturated heterocycles.